The van der Waals surface area contributed by atoms with Crippen LogP contribution in [0, 0.1) is 0 Å². The molecular weight excluding hydrogens is 264 g/mol. The summed E-state index contributed by atoms with van der Waals surface area (Å²) in [5, 5.41) is 18.7. The van der Waals surface area contributed by atoms with Crippen molar-refractivity contribution < 1.29 is 19.7 Å². The van der Waals surface area contributed by atoms with E-state index < -0.39 is 12.1 Å². The molecule has 1 atom stereocenters. The van der Waals surface area contributed by atoms with Gasteiger partial charge in [0.1, 0.15) is 5.75 Å². The van der Waals surface area contributed by atoms with E-state index in [0.29, 0.717) is 10.0 Å². The van der Waals surface area contributed by atoms with Crippen molar-refractivity contribution in [1.29, 1.82) is 0 Å². The zero-order valence-corrected chi connectivity index (χ0v) is 9.69. The van der Waals surface area contributed by atoms with Gasteiger partial charge in [-0.1, -0.05) is 22.0 Å². The SMILES string of the molecule is CCOC(=O)C(O)c1ccc(O)cc1Br. The second-order valence-electron chi connectivity index (χ2n) is 2.86. The van der Waals surface area contributed by atoms with Gasteiger partial charge in [-0.25, -0.2) is 4.79 Å². The molecule has 0 spiro atoms. The summed E-state index contributed by atoms with van der Waals surface area (Å²) in [7, 11) is 0. The molecule has 1 rings (SSSR count). The molecule has 0 fully saturated rings. The molecule has 82 valence electrons. The van der Waals surface area contributed by atoms with E-state index in [-0.39, 0.29) is 12.4 Å². The third-order valence-electron chi connectivity index (χ3n) is 1.79. The highest BCUT2D eigenvalue weighted by atomic mass is 79.9. The van der Waals surface area contributed by atoms with Crippen LogP contribution in [-0.4, -0.2) is 22.8 Å². The number of ether oxygens (including phenoxy) is 1. The van der Waals surface area contributed by atoms with Crippen molar-refractivity contribution in [3.63, 3.8) is 0 Å². The number of aliphatic hydroxyl groups excluding tert-OH is 1. The molecule has 0 saturated heterocycles. The molecule has 5 heteroatoms. The van der Waals surface area contributed by atoms with E-state index >= 15 is 0 Å². The standard InChI is InChI=1S/C10H11BrO4/c1-2-15-10(14)9(13)7-4-3-6(12)5-8(7)11/h3-5,9,12-13H,2H2,1H3. The van der Waals surface area contributed by atoms with Crippen LogP contribution in [0.4, 0.5) is 0 Å². The van der Waals surface area contributed by atoms with Crippen LogP contribution in [0.2, 0.25) is 0 Å². The zero-order valence-electron chi connectivity index (χ0n) is 8.11. The summed E-state index contributed by atoms with van der Waals surface area (Å²) in [5.41, 5.74) is 0.367. The second-order valence-corrected chi connectivity index (χ2v) is 3.71. The van der Waals surface area contributed by atoms with Gasteiger partial charge in [0, 0.05) is 10.0 Å². The topological polar surface area (TPSA) is 66.8 Å². The first-order valence-electron chi connectivity index (χ1n) is 4.39. The molecule has 0 aliphatic carbocycles. The minimum Gasteiger partial charge on any atom is -0.508 e. The smallest absolute Gasteiger partial charge is 0.339 e. The van der Waals surface area contributed by atoms with Gasteiger partial charge in [0.2, 0.25) is 0 Å². The van der Waals surface area contributed by atoms with E-state index in [4.69, 9.17) is 5.11 Å². The Bertz CT molecular complexity index is 364. The van der Waals surface area contributed by atoms with E-state index in [2.05, 4.69) is 20.7 Å². The fraction of sp³-hybridized carbons (Fsp3) is 0.300. The predicted octanol–water partition coefficient (Wildman–Crippen LogP) is 1.75. The lowest BCUT2D eigenvalue weighted by molar-refractivity contribution is -0.153. The summed E-state index contributed by atoms with van der Waals surface area (Å²) >= 11 is 3.14. The zero-order chi connectivity index (χ0) is 11.4. The Balaban J connectivity index is 2.91. The Kier molecular flexibility index (Phi) is 4.11. The Morgan fingerprint density at radius 2 is 2.27 bits per heavy atom. The van der Waals surface area contributed by atoms with Crippen molar-refractivity contribution in [1.82, 2.24) is 0 Å². The van der Waals surface area contributed by atoms with Gasteiger partial charge in [0.15, 0.2) is 6.10 Å². The molecule has 0 aliphatic rings. The molecule has 0 saturated carbocycles. The molecule has 1 aromatic rings. The molecule has 1 unspecified atom stereocenters. The van der Waals surface area contributed by atoms with Gasteiger partial charge in [0.25, 0.3) is 0 Å². The van der Waals surface area contributed by atoms with Crippen LogP contribution >= 0.6 is 15.9 Å². The van der Waals surface area contributed by atoms with Crippen LogP contribution in [0.5, 0.6) is 5.75 Å². The first-order chi connectivity index (χ1) is 7.06. The number of esters is 1. The molecule has 0 aliphatic heterocycles. The number of halogens is 1. The van der Waals surface area contributed by atoms with Gasteiger partial charge in [-0.15, -0.1) is 0 Å². The maximum atomic E-state index is 11.2. The Morgan fingerprint density at radius 3 is 2.80 bits per heavy atom. The van der Waals surface area contributed by atoms with Gasteiger partial charge in [-0.05, 0) is 19.1 Å². The van der Waals surface area contributed by atoms with E-state index in [1.165, 1.54) is 18.2 Å². The lowest BCUT2D eigenvalue weighted by Gasteiger charge is -2.11. The quantitative estimate of drug-likeness (QED) is 0.825. The molecule has 15 heavy (non-hydrogen) atoms. The number of carbonyl (C=O) groups excluding carboxylic acids is 1. The van der Waals surface area contributed by atoms with Gasteiger partial charge < -0.3 is 14.9 Å². The highest BCUT2D eigenvalue weighted by Gasteiger charge is 2.20. The molecule has 2 N–H and O–H groups in total. The lowest BCUT2D eigenvalue weighted by Crippen LogP contribution is -2.15. The maximum Gasteiger partial charge on any atom is 0.339 e. The molecule has 4 nitrogen and oxygen atoms in total. The fourth-order valence-electron chi connectivity index (χ4n) is 1.09. The highest BCUT2D eigenvalue weighted by Crippen LogP contribution is 2.27. The average molecular weight is 275 g/mol. The number of aromatic hydroxyl groups is 1. The fourth-order valence-corrected chi connectivity index (χ4v) is 1.67. The van der Waals surface area contributed by atoms with E-state index in [9.17, 15) is 9.90 Å². The molecule has 0 bridgehead atoms. The Hall–Kier alpha value is -1.07. The summed E-state index contributed by atoms with van der Waals surface area (Å²) < 4.78 is 5.13. The van der Waals surface area contributed by atoms with Crippen LogP contribution in [0.25, 0.3) is 0 Å². The average Bonchev–Trinajstić information content (AvgIpc) is 2.17. The van der Waals surface area contributed by atoms with Gasteiger partial charge in [-0.3, -0.25) is 0 Å². The Labute approximate surface area is 95.6 Å². The van der Waals surface area contributed by atoms with E-state index in [1.54, 1.807) is 6.92 Å². The number of carbonyl (C=O) groups is 1. The number of benzene rings is 1. The van der Waals surface area contributed by atoms with Crippen molar-refractivity contribution in [2.24, 2.45) is 0 Å². The minimum absolute atomic E-state index is 0.0571. The number of hydrogen-bond donors (Lipinski definition) is 2. The normalized spacial score (nSPS) is 12.2. The first kappa shape index (κ1) is 12.0. The third-order valence-corrected chi connectivity index (χ3v) is 2.48. The summed E-state index contributed by atoms with van der Waals surface area (Å²) in [6.45, 7) is 1.88. The van der Waals surface area contributed by atoms with Crippen molar-refractivity contribution >= 4 is 21.9 Å². The summed E-state index contributed by atoms with van der Waals surface area (Å²) in [6.07, 6.45) is -1.33. The minimum atomic E-state index is -1.33. The van der Waals surface area contributed by atoms with Crippen molar-refractivity contribution in [3.8, 4) is 5.75 Å². The van der Waals surface area contributed by atoms with Gasteiger partial charge >= 0.3 is 5.97 Å². The largest absolute Gasteiger partial charge is 0.508 e. The number of aliphatic hydroxyl groups is 1. The van der Waals surface area contributed by atoms with Crippen LogP contribution in [0.15, 0.2) is 22.7 Å². The van der Waals surface area contributed by atoms with Gasteiger partial charge in [0.05, 0.1) is 6.61 Å². The van der Waals surface area contributed by atoms with Crippen LogP contribution in [-0.2, 0) is 9.53 Å². The Morgan fingerprint density at radius 1 is 1.60 bits per heavy atom. The van der Waals surface area contributed by atoms with Crippen LogP contribution < -0.4 is 0 Å². The maximum absolute atomic E-state index is 11.2. The molecule has 1 aromatic carbocycles. The monoisotopic (exact) mass is 274 g/mol. The highest BCUT2D eigenvalue weighted by molar-refractivity contribution is 9.10. The van der Waals surface area contributed by atoms with Crippen LogP contribution in [0.1, 0.15) is 18.6 Å². The molecule has 0 amide bonds. The summed E-state index contributed by atoms with van der Waals surface area (Å²) in [6, 6.07) is 4.25. The molecule has 0 aromatic heterocycles. The van der Waals surface area contributed by atoms with Gasteiger partial charge in [-0.2, -0.15) is 0 Å². The summed E-state index contributed by atoms with van der Waals surface area (Å²) in [5.74, 6) is -0.648. The number of hydrogen-bond acceptors (Lipinski definition) is 4. The second kappa shape index (κ2) is 5.14. The number of phenolic OH excluding ortho intramolecular Hbond substituents is 1. The van der Waals surface area contributed by atoms with Crippen molar-refractivity contribution in [2.45, 2.75) is 13.0 Å². The third kappa shape index (κ3) is 2.94. The molecule has 0 heterocycles. The predicted molar refractivity (Wildman–Crippen MR) is 57.4 cm³/mol. The molecule has 0 radical (unpaired) electrons. The van der Waals surface area contributed by atoms with Crippen molar-refractivity contribution in [2.75, 3.05) is 6.61 Å². The van der Waals surface area contributed by atoms with E-state index in [0.717, 1.165) is 0 Å². The summed E-state index contributed by atoms with van der Waals surface area (Å²) in [4.78, 5) is 11.2. The number of phenols is 1. The molecular formula is C10H11BrO4. The first-order valence-corrected chi connectivity index (χ1v) is 5.18. The van der Waals surface area contributed by atoms with Crippen LogP contribution in [0.3, 0.4) is 0 Å². The van der Waals surface area contributed by atoms with E-state index in [1.807, 2.05) is 0 Å². The number of rotatable bonds is 3. The van der Waals surface area contributed by atoms with Crippen molar-refractivity contribution in [3.05, 3.63) is 28.2 Å². The lowest BCUT2D eigenvalue weighted by atomic mass is 10.1.